The zero-order valence-electron chi connectivity index (χ0n) is 18.1. The lowest BCUT2D eigenvalue weighted by Crippen LogP contribution is -2.38. The molecule has 4 heterocycles. The number of carbonyl (C=O) groups is 1. The number of amides is 1. The van der Waals surface area contributed by atoms with E-state index in [0.29, 0.717) is 29.5 Å². The lowest BCUT2D eigenvalue weighted by molar-refractivity contribution is 0.0707. The van der Waals surface area contributed by atoms with Crippen molar-refractivity contribution in [3.63, 3.8) is 0 Å². The number of nitrogens with two attached hydrogens (primary N) is 1. The van der Waals surface area contributed by atoms with Crippen LogP contribution in [-0.2, 0) is 19.5 Å². The molecule has 0 saturated carbocycles. The highest BCUT2D eigenvalue weighted by Crippen LogP contribution is 2.34. The normalized spacial score (nSPS) is 13.1. The van der Waals surface area contributed by atoms with E-state index in [1.165, 1.54) is 0 Å². The number of hydrogen-bond donors (Lipinski definition) is 1. The molecule has 0 atom stereocenters. The molecule has 4 aromatic rings. The van der Waals surface area contributed by atoms with Gasteiger partial charge in [-0.2, -0.15) is 0 Å². The Balaban J connectivity index is 1.50. The van der Waals surface area contributed by atoms with Crippen LogP contribution in [0.4, 0.5) is 5.82 Å². The van der Waals surface area contributed by atoms with Crippen LogP contribution in [0.25, 0.3) is 22.4 Å². The molecule has 2 N–H and O–H groups in total. The largest absolute Gasteiger partial charge is 0.384 e. The Hall–Kier alpha value is -3.78. The number of imidazole rings is 1. The molecular formula is C24H22ClN7O. The molecular weight excluding hydrogens is 438 g/mol. The van der Waals surface area contributed by atoms with Gasteiger partial charge in [0, 0.05) is 48.4 Å². The first kappa shape index (κ1) is 21.1. The van der Waals surface area contributed by atoms with Crippen molar-refractivity contribution in [3.8, 4) is 22.4 Å². The van der Waals surface area contributed by atoms with Gasteiger partial charge in [-0.25, -0.2) is 19.9 Å². The third kappa shape index (κ3) is 3.93. The number of halogens is 1. The van der Waals surface area contributed by atoms with Crippen LogP contribution in [0.2, 0.25) is 5.02 Å². The molecule has 0 aliphatic carbocycles. The van der Waals surface area contributed by atoms with Crippen molar-refractivity contribution >= 4 is 23.3 Å². The molecule has 3 aromatic heterocycles. The number of fused-ring (bicyclic) bond motifs is 1. The molecule has 5 rings (SSSR count). The molecule has 1 amide bonds. The third-order valence-electron chi connectivity index (χ3n) is 5.84. The Labute approximate surface area is 196 Å². The Morgan fingerprint density at radius 1 is 1.09 bits per heavy atom. The second-order valence-electron chi connectivity index (χ2n) is 7.83. The van der Waals surface area contributed by atoms with E-state index < -0.39 is 0 Å². The molecule has 1 aromatic carbocycles. The molecule has 9 heteroatoms. The van der Waals surface area contributed by atoms with E-state index in [-0.39, 0.29) is 5.91 Å². The third-order valence-corrected chi connectivity index (χ3v) is 6.15. The molecule has 1 aliphatic heterocycles. The topological polar surface area (TPSA) is 103 Å². The first-order valence-electron chi connectivity index (χ1n) is 10.7. The van der Waals surface area contributed by atoms with Crippen molar-refractivity contribution in [2.45, 2.75) is 26.4 Å². The highest BCUT2D eigenvalue weighted by Gasteiger charge is 2.24. The SMILES string of the molecule is CCc1ncnc(-c2ccc(C(=O)N3CCn4ccnc4C3)c(Cl)c2)c1-c1ccc(N)nc1. The average Bonchev–Trinajstić information content (AvgIpc) is 3.31. The van der Waals surface area contributed by atoms with E-state index >= 15 is 0 Å². The summed E-state index contributed by atoms with van der Waals surface area (Å²) in [6.07, 6.45) is 7.68. The lowest BCUT2D eigenvalue weighted by Gasteiger charge is -2.28. The number of pyridine rings is 1. The van der Waals surface area contributed by atoms with E-state index in [1.54, 1.807) is 41.8 Å². The summed E-state index contributed by atoms with van der Waals surface area (Å²) in [5.74, 6) is 1.21. The van der Waals surface area contributed by atoms with Crippen LogP contribution >= 0.6 is 11.6 Å². The van der Waals surface area contributed by atoms with Crippen LogP contribution in [0, 0.1) is 0 Å². The van der Waals surface area contributed by atoms with E-state index in [2.05, 4.69) is 24.5 Å². The molecule has 1 aliphatic rings. The van der Waals surface area contributed by atoms with Gasteiger partial charge in [0.2, 0.25) is 0 Å². The molecule has 166 valence electrons. The van der Waals surface area contributed by atoms with Crippen molar-refractivity contribution in [3.05, 3.63) is 77.4 Å². The van der Waals surface area contributed by atoms with Gasteiger partial charge in [0.15, 0.2) is 0 Å². The maximum Gasteiger partial charge on any atom is 0.255 e. The molecule has 0 fully saturated rings. The number of nitrogen functional groups attached to an aromatic ring is 1. The van der Waals surface area contributed by atoms with Crippen LogP contribution < -0.4 is 5.73 Å². The summed E-state index contributed by atoms with van der Waals surface area (Å²) in [7, 11) is 0. The first-order valence-corrected chi connectivity index (χ1v) is 11.1. The van der Waals surface area contributed by atoms with E-state index in [0.717, 1.165) is 46.9 Å². The van der Waals surface area contributed by atoms with Crippen LogP contribution in [-0.4, -0.2) is 41.9 Å². The summed E-state index contributed by atoms with van der Waals surface area (Å²) in [5.41, 5.74) is 10.4. The van der Waals surface area contributed by atoms with E-state index in [9.17, 15) is 4.79 Å². The summed E-state index contributed by atoms with van der Waals surface area (Å²) in [5, 5.41) is 0.379. The second-order valence-corrected chi connectivity index (χ2v) is 8.23. The smallest absolute Gasteiger partial charge is 0.255 e. The fraction of sp³-hybridized carbons (Fsp3) is 0.208. The van der Waals surface area contributed by atoms with Crippen molar-refractivity contribution in [1.29, 1.82) is 0 Å². The summed E-state index contributed by atoms with van der Waals surface area (Å²) in [6, 6.07) is 9.09. The molecule has 8 nitrogen and oxygen atoms in total. The van der Waals surface area contributed by atoms with Gasteiger partial charge in [-0.3, -0.25) is 4.79 Å². The quantitative estimate of drug-likeness (QED) is 0.497. The maximum absolute atomic E-state index is 13.2. The van der Waals surface area contributed by atoms with Crippen molar-refractivity contribution < 1.29 is 4.79 Å². The Bertz CT molecular complexity index is 1330. The fourth-order valence-electron chi connectivity index (χ4n) is 4.12. The Kier molecular flexibility index (Phi) is 5.51. The van der Waals surface area contributed by atoms with Gasteiger partial charge in [-0.15, -0.1) is 0 Å². The molecule has 0 bridgehead atoms. The van der Waals surface area contributed by atoms with Gasteiger partial charge in [-0.1, -0.05) is 24.6 Å². The standard InChI is InChI=1S/C24H22ClN7O/c1-2-19-22(16-4-6-20(26)28-12-16)23(30-14-29-19)15-3-5-17(18(25)11-15)24(33)32-10-9-31-8-7-27-21(31)13-32/h3-8,11-12,14H,2,9-10,13H2,1H3,(H2,26,28). The Morgan fingerprint density at radius 2 is 1.94 bits per heavy atom. The number of carbonyl (C=O) groups excluding carboxylic acids is 1. The number of anilines is 1. The predicted octanol–water partition coefficient (Wildman–Crippen LogP) is 3.86. The second kappa shape index (κ2) is 8.63. The summed E-state index contributed by atoms with van der Waals surface area (Å²) < 4.78 is 2.06. The van der Waals surface area contributed by atoms with Gasteiger partial charge >= 0.3 is 0 Å². The minimum absolute atomic E-state index is 0.110. The van der Waals surface area contributed by atoms with Gasteiger partial charge in [0.05, 0.1) is 28.5 Å². The predicted molar refractivity (Wildman–Crippen MR) is 126 cm³/mol. The summed E-state index contributed by atoms with van der Waals surface area (Å²) >= 11 is 6.62. The highest BCUT2D eigenvalue weighted by atomic mass is 35.5. The fourth-order valence-corrected chi connectivity index (χ4v) is 4.38. The van der Waals surface area contributed by atoms with Gasteiger partial charge in [0.1, 0.15) is 18.0 Å². The zero-order chi connectivity index (χ0) is 22.9. The first-order chi connectivity index (χ1) is 16.0. The van der Waals surface area contributed by atoms with Gasteiger partial charge in [-0.05, 0) is 30.7 Å². The minimum Gasteiger partial charge on any atom is -0.384 e. The highest BCUT2D eigenvalue weighted by molar-refractivity contribution is 6.34. The molecule has 0 radical (unpaired) electrons. The number of aryl methyl sites for hydroxylation is 1. The molecule has 0 unspecified atom stereocenters. The monoisotopic (exact) mass is 459 g/mol. The number of hydrogen-bond acceptors (Lipinski definition) is 6. The van der Waals surface area contributed by atoms with Gasteiger partial charge < -0.3 is 15.2 Å². The maximum atomic E-state index is 13.2. The van der Waals surface area contributed by atoms with E-state index in [4.69, 9.17) is 17.3 Å². The zero-order valence-corrected chi connectivity index (χ0v) is 18.8. The van der Waals surface area contributed by atoms with Gasteiger partial charge in [0.25, 0.3) is 5.91 Å². The number of benzene rings is 1. The van der Waals surface area contributed by atoms with Crippen LogP contribution in [0.1, 0.15) is 28.8 Å². The van der Waals surface area contributed by atoms with Crippen molar-refractivity contribution in [1.82, 2.24) is 29.4 Å². The minimum atomic E-state index is -0.110. The lowest BCUT2D eigenvalue weighted by atomic mass is 9.97. The molecule has 0 spiro atoms. The van der Waals surface area contributed by atoms with Crippen molar-refractivity contribution in [2.24, 2.45) is 0 Å². The number of rotatable bonds is 4. The molecule has 0 saturated heterocycles. The summed E-state index contributed by atoms with van der Waals surface area (Å²) in [6.45, 7) is 3.83. The van der Waals surface area contributed by atoms with Crippen LogP contribution in [0.15, 0.2) is 55.2 Å². The summed E-state index contributed by atoms with van der Waals surface area (Å²) in [4.78, 5) is 32.5. The van der Waals surface area contributed by atoms with Crippen molar-refractivity contribution in [2.75, 3.05) is 12.3 Å². The van der Waals surface area contributed by atoms with E-state index in [1.807, 2.05) is 25.3 Å². The number of nitrogens with zero attached hydrogens (tertiary/aromatic N) is 6. The molecule has 33 heavy (non-hydrogen) atoms. The number of aromatic nitrogens is 5. The average molecular weight is 460 g/mol. The Morgan fingerprint density at radius 3 is 2.70 bits per heavy atom. The van der Waals surface area contributed by atoms with Crippen LogP contribution in [0.3, 0.4) is 0 Å². The van der Waals surface area contributed by atoms with Crippen LogP contribution in [0.5, 0.6) is 0 Å².